The van der Waals surface area contributed by atoms with Gasteiger partial charge >= 0.3 is 12.2 Å². The number of benzene rings is 2. The van der Waals surface area contributed by atoms with Crippen molar-refractivity contribution in [3.05, 3.63) is 59.7 Å². The summed E-state index contributed by atoms with van der Waals surface area (Å²) in [5.41, 5.74) is 0.933. The van der Waals surface area contributed by atoms with E-state index >= 15 is 0 Å². The summed E-state index contributed by atoms with van der Waals surface area (Å²) in [5.74, 6) is 0.669. The summed E-state index contributed by atoms with van der Waals surface area (Å²) >= 11 is 1.83. The minimum absolute atomic E-state index is 0.0122. The van der Waals surface area contributed by atoms with Crippen molar-refractivity contribution < 1.29 is 35.9 Å². The SMILES string of the molecule is CC(C)(C)OC(=O)N1CCC(CC(SC(CC2CCN(C(=O)OC(C)(C)C)CC2)c2ccc(S(C)(=O)=O)cc2)c2ccc(S(C)(=O)=O)cc2)CC1. The predicted octanol–water partition coefficient (Wildman–Crippen LogP) is 8.08. The maximum absolute atomic E-state index is 12.8. The van der Waals surface area contributed by atoms with Gasteiger partial charge in [0.25, 0.3) is 0 Å². The molecule has 0 saturated carbocycles. The molecule has 284 valence electrons. The number of nitrogens with zero attached hydrogens (tertiary/aromatic N) is 2. The molecule has 4 rings (SSSR count). The molecule has 0 N–H and O–H groups in total. The van der Waals surface area contributed by atoms with Gasteiger partial charge in [-0.3, -0.25) is 0 Å². The minimum Gasteiger partial charge on any atom is -0.444 e. The van der Waals surface area contributed by atoms with Gasteiger partial charge in [0.05, 0.1) is 9.79 Å². The second-order valence-electron chi connectivity index (χ2n) is 16.1. The van der Waals surface area contributed by atoms with Crippen LogP contribution in [0.1, 0.15) is 102 Å². The van der Waals surface area contributed by atoms with Crippen LogP contribution in [0.5, 0.6) is 0 Å². The highest BCUT2D eigenvalue weighted by Crippen LogP contribution is 2.49. The molecular weight excluding hydrogens is 709 g/mol. The van der Waals surface area contributed by atoms with E-state index in [1.807, 2.05) is 77.6 Å². The molecule has 2 amide bonds. The summed E-state index contributed by atoms with van der Waals surface area (Å²) in [7, 11) is -6.73. The predicted molar refractivity (Wildman–Crippen MR) is 202 cm³/mol. The molecule has 51 heavy (non-hydrogen) atoms. The Morgan fingerprint density at radius 3 is 1.18 bits per heavy atom. The van der Waals surface area contributed by atoms with Crippen LogP contribution >= 0.6 is 11.8 Å². The Kier molecular flexibility index (Phi) is 13.3. The van der Waals surface area contributed by atoms with Crippen LogP contribution in [0.2, 0.25) is 0 Å². The smallest absolute Gasteiger partial charge is 0.410 e. The minimum atomic E-state index is -3.36. The Morgan fingerprint density at radius 1 is 0.627 bits per heavy atom. The van der Waals surface area contributed by atoms with Gasteiger partial charge in [0.1, 0.15) is 11.2 Å². The summed E-state index contributed by atoms with van der Waals surface area (Å²) in [5, 5.41) is 0.0243. The van der Waals surface area contributed by atoms with Crippen LogP contribution in [-0.2, 0) is 29.1 Å². The Morgan fingerprint density at radius 2 is 0.922 bits per heavy atom. The normalized spacial score (nSPS) is 18.3. The molecule has 10 nitrogen and oxygen atoms in total. The van der Waals surface area contributed by atoms with Crippen molar-refractivity contribution in [2.75, 3.05) is 38.7 Å². The first-order valence-electron chi connectivity index (χ1n) is 17.8. The highest BCUT2D eigenvalue weighted by Gasteiger charge is 2.33. The number of hydrogen-bond donors (Lipinski definition) is 0. The number of piperidine rings is 2. The second-order valence-corrected chi connectivity index (χ2v) is 21.5. The number of sulfone groups is 2. The van der Waals surface area contributed by atoms with Crippen LogP contribution in [0.15, 0.2) is 58.3 Å². The fourth-order valence-corrected chi connectivity index (χ4v) is 9.61. The second kappa shape index (κ2) is 16.5. The van der Waals surface area contributed by atoms with Crippen molar-refractivity contribution in [1.29, 1.82) is 0 Å². The van der Waals surface area contributed by atoms with E-state index in [4.69, 9.17) is 9.47 Å². The first-order valence-corrected chi connectivity index (χ1v) is 22.5. The molecular formula is C38H56N2O8S3. The molecule has 0 bridgehead atoms. The third kappa shape index (κ3) is 12.7. The van der Waals surface area contributed by atoms with E-state index < -0.39 is 30.9 Å². The van der Waals surface area contributed by atoms with Gasteiger partial charge in [-0.1, -0.05) is 24.3 Å². The van der Waals surface area contributed by atoms with E-state index in [1.54, 1.807) is 34.1 Å². The molecule has 2 aromatic rings. The van der Waals surface area contributed by atoms with Crippen LogP contribution in [0.25, 0.3) is 0 Å². The highest BCUT2D eigenvalue weighted by molar-refractivity contribution is 7.99. The lowest BCUT2D eigenvalue weighted by Gasteiger charge is -2.37. The average molecular weight is 765 g/mol. The van der Waals surface area contributed by atoms with Crippen LogP contribution in [0.4, 0.5) is 9.59 Å². The standard InChI is InChI=1S/C38H56N2O8S3/c1-37(2,3)47-35(41)39-21-17-27(18-22-39)25-33(29-9-13-31(14-10-29)50(7,43)44)49-34(30-11-15-32(16-12-30)51(8,45)46)26-28-19-23-40(24-20-28)36(42)48-38(4,5)6/h9-16,27-28,33-34H,17-26H2,1-8H3. The average Bonchev–Trinajstić information content (AvgIpc) is 3.02. The third-order valence-corrected chi connectivity index (χ3v) is 13.2. The molecule has 2 fully saturated rings. The number of amides is 2. The molecule has 0 aromatic heterocycles. The van der Waals surface area contributed by atoms with Gasteiger partial charge in [-0.05, 0) is 127 Å². The lowest BCUT2D eigenvalue weighted by atomic mass is 9.90. The molecule has 2 aromatic carbocycles. The molecule has 2 saturated heterocycles. The monoisotopic (exact) mass is 764 g/mol. The van der Waals surface area contributed by atoms with Crippen LogP contribution in [0, 0.1) is 11.8 Å². The van der Waals surface area contributed by atoms with Gasteiger partial charge in [-0.25, -0.2) is 26.4 Å². The van der Waals surface area contributed by atoms with Gasteiger partial charge in [0.2, 0.25) is 0 Å². The van der Waals surface area contributed by atoms with E-state index in [-0.39, 0.29) is 32.5 Å². The highest BCUT2D eigenvalue weighted by atomic mass is 32.2. The van der Waals surface area contributed by atoms with Gasteiger partial charge < -0.3 is 19.3 Å². The van der Waals surface area contributed by atoms with Crippen LogP contribution < -0.4 is 0 Å². The lowest BCUT2D eigenvalue weighted by molar-refractivity contribution is 0.0171. The quantitative estimate of drug-likeness (QED) is 0.236. The Balaban J connectivity index is 1.58. The van der Waals surface area contributed by atoms with Crippen molar-refractivity contribution >= 4 is 43.6 Å². The van der Waals surface area contributed by atoms with E-state index in [2.05, 4.69) is 0 Å². The zero-order chi connectivity index (χ0) is 37.8. The van der Waals surface area contributed by atoms with Gasteiger partial charge in [0.15, 0.2) is 19.7 Å². The zero-order valence-electron chi connectivity index (χ0n) is 31.4. The van der Waals surface area contributed by atoms with Crippen molar-refractivity contribution in [2.24, 2.45) is 11.8 Å². The van der Waals surface area contributed by atoms with Crippen molar-refractivity contribution in [2.45, 2.75) is 112 Å². The fourth-order valence-electron chi connectivity index (χ4n) is 6.56. The van der Waals surface area contributed by atoms with Crippen molar-refractivity contribution in [1.82, 2.24) is 9.80 Å². The molecule has 2 atom stereocenters. The molecule has 2 heterocycles. The summed E-state index contributed by atoms with van der Waals surface area (Å²) in [4.78, 5) is 29.6. The van der Waals surface area contributed by atoms with Gasteiger partial charge in [-0.15, -0.1) is 11.8 Å². The largest absolute Gasteiger partial charge is 0.444 e. The summed E-state index contributed by atoms with van der Waals surface area (Å²) in [6, 6.07) is 14.3. The molecule has 0 radical (unpaired) electrons. The lowest BCUT2D eigenvalue weighted by Crippen LogP contribution is -2.42. The molecule has 2 unspecified atom stereocenters. The van der Waals surface area contributed by atoms with E-state index in [9.17, 15) is 26.4 Å². The molecule has 0 aliphatic carbocycles. The molecule has 2 aliphatic heterocycles. The number of carbonyl (C=O) groups is 2. The maximum atomic E-state index is 12.8. The Bertz CT molecular complexity index is 1570. The number of hydrogen-bond acceptors (Lipinski definition) is 9. The first-order chi connectivity index (χ1) is 23.6. The molecule has 13 heteroatoms. The fraction of sp³-hybridized carbons (Fsp3) is 0.632. The van der Waals surface area contributed by atoms with Crippen molar-refractivity contribution in [3.63, 3.8) is 0 Å². The van der Waals surface area contributed by atoms with Crippen LogP contribution in [0.3, 0.4) is 0 Å². The number of thioether (sulfide) groups is 1. The third-order valence-electron chi connectivity index (χ3n) is 9.32. The molecule has 2 aliphatic rings. The molecule has 0 spiro atoms. The maximum Gasteiger partial charge on any atom is 0.410 e. The Hall–Kier alpha value is -2.77. The number of carbonyl (C=O) groups excluding carboxylic acids is 2. The van der Waals surface area contributed by atoms with Crippen LogP contribution in [-0.4, -0.2) is 88.7 Å². The Labute approximate surface area is 309 Å². The van der Waals surface area contributed by atoms with Gasteiger partial charge in [-0.2, -0.15) is 0 Å². The zero-order valence-corrected chi connectivity index (χ0v) is 33.8. The van der Waals surface area contributed by atoms with Gasteiger partial charge in [0, 0.05) is 49.2 Å². The van der Waals surface area contributed by atoms with E-state index in [0.29, 0.717) is 38.0 Å². The summed E-state index contributed by atoms with van der Waals surface area (Å²) in [6.45, 7) is 13.6. The van der Waals surface area contributed by atoms with Crippen molar-refractivity contribution in [3.8, 4) is 0 Å². The van der Waals surface area contributed by atoms with E-state index in [0.717, 1.165) is 49.7 Å². The number of ether oxygens (including phenoxy) is 2. The first kappa shape index (κ1) is 41.0. The topological polar surface area (TPSA) is 127 Å². The number of likely N-dealkylation sites (tertiary alicyclic amines) is 2. The summed E-state index contributed by atoms with van der Waals surface area (Å²) in [6.07, 6.45) is 6.80. The van der Waals surface area contributed by atoms with E-state index in [1.165, 1.54) is 12.5 Å². The summed E-state index contributed by atoms with van der Waals surface area (Å²) < 4.78 is 60.4. The number of rotatable bonds is 10.